The number of carbonyl (C=O) groups excluding carboxylic acids is 2. The number of carbonyl (C=O) groups is 2. The zero-order valence-electron chi connectivity index (χ0n) is 14.3. The third-order valence-corrected chi connectivity index (χ3v) is 4.41. The molecule has 1 aromatic heterocycles. The molecule has 134 valence electrons. The molecular weight excluding hydrogens is 347 g/mol. The van der Waals surface area contributed by atoms with Gasteiger partial charge >= 0.3 is 5.97 Å². The zero-order chi connectivity index (χ0) is 18.8. The number of hydrogen-bond acceptors (Lipinski definition) is 4. The summed E-state index contributed by atoms with van der Waals surface area (Å²) in [6.07, 6.45) is 1.54. The van der Waals surface area contributed by atoms with Gasteiger partial charge in [-0.1, -0.05) is 30.3 Å². The molecule has 0 bridgehead atoms. The Morgan fingerprint density at radius 3 is 2.56 bits per heavy atom. The van der Waals surface area contributed by atoms with Gasteiger partial charge < -0.3 is 9.15 Å². The second-order valence-corrected chi connectivity index (χ2v) is 6.19. The van der Waals surface area contributed by atoms with Crippen LogP contribution in [0.3, 0.4) is 0 Å². The lowest BCUT2D eigenvalue weighted by molar-refractivity contribution is -0.141. The number of hydrogen-bond donors (Lipinski definition) is 0. The molecule has 0 spiro atoms. The van der Waals surface area contributed by atoms with E-state index in [0.717, 1.165) is 16.2 Å². The SMILES string of the molecule is O=C(Cc1coc2ccc3ccccc3c12)OCC(=O)c1ccc(F)cc1. The van der Waals surface area contributed by atoms with E-state index in [9.17, 15) is 14.0 Å². The van der Waals surface area contributed by atoms with E-state index < -0.39 is 11.8 Å². The summed E-state index contributed by atoms with van der Waals surface area (Å²) >= 11 is 0. The summed E-state index contributed by atoms with van der Waals surface area (Å²) in [5, 5.41) is 2.91. The van der Waals surface area contributed by atoms with Crippen LogP contribution in [0.5, 0.6) is 0 Å². The fourth-order valence-corrected chi connectivity index (χ4v) is 3.08. The molecule has 4 nitrogen and oxygen atoms in total. The maximum Gasteiger partial charge on any atom is 0.310 e. The topological polar surface area (TPSA) is 56.5 Å². The smallest absolute Gasteiger partial charge is 0.310 e. The second-order valence-electron chi connectivity index (χ2n) is 6.19. The van der Waals surface area contributed by atoms with Crippen LogP contribution in [-0.4, -0.2) is 18.4 Å². The standard InChI is InChI=1S/C22H15FO4/c23-17-8-5-15(6-9-17)19(24)13-27-21(25)11-16-12-26-20-10-7-14-3-1-2-4-18(14)22(16)20/h1-10,12H,11,13H2. The van der Waals surface area contributed by atoms with Crippen LogP contribution >= 0.6 is 0 Å². The Balaban J connectivity index is 1.49. The van der Waals surface area contributed by atoms with Gasteiger partial charge in [0.05, 0.1) is 12.7 Å². The molecule has 27 heavy (non-hydrogen) atoms. The van der Waals surface area contributed by atoms with E-state index in [0.29, 0.717) is 16.7 Å². The molecule has 0 aliphatic heterocycles. The Morgan fingerprint density at radius 2 is 1.74 bits per heavy atom. The highest BCUT2D eigenvalue weighted by molar-refractivity contribution is 6.08. The van der Waals surface area contributed by atoms with Gasteiger partial charge in [-0.05, 0) is 41.1 Å². The highest BCUT2D eigenvalue weighted by Crippen LogP contribution is 2.30. The molecule has 0 amide bonds. The first kappa shape index (κ1) is 17.0. The normalized spacial score (nSPS) is 11.0. The molecule has 0 saturated carbocycles. The number of ether oxygens (including phenoxy) is 1. The Bertz CT molecular complexity index is 1140. The van der Waals surface area contributed by atoms with E-state index in [2.05, 4.69) is 0 Å². The third-order valence-electron chi connectivity index (χ3n) is 4.41. The molecule has 0 atom stereocenters. The molecule has 0 fully saturated rings. The van der Waals surface area contributed by atoms with Crippen LogP contribution < -0.4 is 0 Å². The van der Waals surface area contributed by atoms with E-state index in [1.807, 2.05) is 36.4 Å². The van der Waals surface area contributed by atoms with Crippen molar-refractivity contribution < 1.29 is 23.1 Å². The quantitative estimate of drug-likeness (QED) is 0.382. The average molecular weight is 362 g/mol. The molecule has 4 rings (SSSR count). The van der Waals surface area contributed by atoms with Gasteiger partial charge in [-0.25, -0.2) is 4.39 Å². The van der Waals surface area contributed by atoms with Gasteiger partial charge in [0, 0.05) is 16.5 Å². The number of fused-ring (bicyclic) bond motifs is 3. The molecule has 5 heteroatoms. The molecule has 0 aliphatic rings. The number of esters is 1. The van der Waals surface area contributed by atoms with Crippen molar-refractivity contribution in [2.24, 2.45) is 0 Å². The van der Waals surface area contributed by atoms with E-state index in [1.54, 1.807) is 6.26 Å². The fourth-order valence-electron chi connectivity index (χ4n) is 3.08. The van der Waals surface area contributed by atoms with Crippen molar-refractivity contribution in [3.8, 4) is 0 Å². The summed E-state index contributed by atoms with van der Waals surface area (Å²) in [6, 6.07) is 16.8. The van der Waals surface area contributed by atoms with E-state index in [-0.39, 0.29) is 18.8 Å². The van der Waals surface area contributed by atoms with E-state index in [4.69, 9.17) is 9.15 Å². The van der Waals surface area contributed by atoms with Crippen LogP contribution in [0.4, 0.5) is 4.39 Å². The molecule has 0 saturated heterocycles. The fraction of sp³-hybridized carbons (Fsp3) is 0.0909. The summed E-state index contributed by atoms with van der Waals surface area (Å²) in [4.78, 5) is 24.2. The number of benzene rings is 3. The van der Waals surface area contributed by atoms with Gasteiger partial charge in [-0.3, -0.25) is 9.59 Å². The van der Waals surface area contributed by atoms with Gasteiger partial charge in [0.1, 0.15) is 11.4 Å². The number of ketones is 1. The zero-order valence-corrected chi connectivity index (χ0v) is 14.3. The number of furan rings is 1. The Kier molecular flexibility index (Phi) is 4.42. The number of halogens is 1. The average Bonchev–Trinajstić information content (AvgIpc) is 3.10. The van der Waals surface area contributed by atoms with Crippen LogP contribution in [0.2, 0.25) is 0 Å². The van der Waals surface area contributed by atoms with Gasteiger partial charge in [0.2, 0.25) is 0 Å². The summed E-state index contributed by atoms with van der Waals surface area (Å²) < 4.78 is 23.6. The van der Waals surface area contributed by atoms with Crippen molar-refractivity contribution in [3.63, 3.8) is 0 Å². The van der Waals surface area contributed by atoms with Gasteiger partial charge in [-0.2, -0.15) is 0 Å². The Morgan fingerprint density at radius 1 is 0.963 bits per heavy atom. The minimum Gasteiger partial charge on any atom is -0.464 e. The molecule has 4 aromatic rings. The predicted octanol–water partition coefficient (Wildman–Crippen LogP) is 4.69. The minimum atomic E-state index is -0.527. The maximum atomic E-state index is 12.9. The second kappa shape index (κ2) is 7.03. The van der Waals surface area contributed by atoms with Crippen LogP contribution in [0, 0.1) is 5.82 Å². The third kappa shape index (κ3) is 3.44. The van der Waals surface area contributed by atoms with Crippen molar-refractivity contribution >= 4 is 33.5 Å². The highest BCUT2D eigenvalue weighted by Gasteiger charge is 2.15. The first-order chi connectivity index (χ1) is 13.1. The molecule has 0 unspecified atom stereocenters. The van der Waals surface area contributed by atoms with Crippen molar-refractivity contribution in [3.05, 3.63) is 83.9 Å². The summed E-state index contributed by atoms with van der Waals surface area (Å²) in [6.45, 7) is -0.388. The largest absolute Gasteiger partial charge is 0.464 e. The van der Waals surface area contributed by atoms with Crippen LogP contribution in [0.25, 0.3) is 21.7 Å². The molecule has 0 radical (unpaired) electrons. The molecule has 1 heterocycles. The summed E-state index contributed by atoms with van der Waals surface area (Å²) in [7, 11) is 0. The van der Waals surface area contributed by atoms with Crippen molar-refractivity contribution in [1.82, 2.24) is 0 Å². The lowest BCUT2D eigenvalue weighted by Gasteiger charge is -2.05. The van der Waals surface area contributed by atoms with Gasteiger partial charge in [0.15, 0.2) is 12.4 Å². The van der Waals surface area contributed by atoms with Crippen LogP contribution in [0.1, 0.15) is 15.9 Å². The summed E-state index contributed by atoms with van der Waals surface area (Å²) in [5.74, 6) is -1.34. The monoisotopic (exact) mass is 362 g/mol. The van der Waals surface area contributed by atoms with Gasteiger partial charge in [-0.15, -0.1) is 0 Å². The number of Topliss-reactive ketones (excluding diaryl/α,β-unsaturated/α-hetero) is 1. The molecule has 3 aromatic carbocycles. The van der Waals surface area contributed by atoms with Crippen molar-refractivity contribution in [2.45, 2.75) is 6.42 Å². The van der Waals surface area contributed by atoms with E-state index >= 15 is 0 Å². The van der Waals surface area contributed by atoms with Crippen molar-refractivity contribution in [1.29, 1.82) is 0 Å². The Labute approximate surface area is 154 Å². The lowest BCUT2D eigenvalue weighted by atomic mass is 10.0. The van der Waals surface area contributed by atoms with Crippen LogP contribution in [0.15, 0.2) is 71.3 Å². The first-order valence-corrected chi connectivity index (χ1v) is 8.44. The maximum absolute atomic E-state index is 12.9. The predicted molar refractivity (Wildman–Crippen MR) is 99.1 cm³/mol. The first-order valence-electron chi connectivity index (χ1n) is 8.44. The molecular formula is C22H15FO4. The molecule has 0 aliphatic carbocycles. The van der Waals surface area contributed by atoms with Gasteiger partial charge in [0.25, 0.3) is 0 Å². The Hall–Kier alpha value is -3.47. The summed E-state index contributed by atoms with van der Waals surface area (Å²) in [5.41, 5.74) is 1.70. The number of rotatable bonds is 5. The minimum absolute atomic E-state index is 0.00228. The van der Waals surface area contributed by atoms with Crippen LogP contribution in [-0.2, 0) is 16.0 Å². The lowest BCUT2D eigenvalue weighted by Crippen LogP contribution is -2.15. The van der Waals surface area contributed by atoms with E-state index in [1.165, 1.54) is 24.3 Å². The molecule has 0 N–H and O–H groups in total. The highest BCUT2D eigenvalue weighted by atomic mass is 19.1. The van der Waals surface area contributed by atoms with Crippen molar-refractivity contribution in [2.75, 3.05) is 6.61 Å².